The van der Waals surface area contributed by atoms with Gasteiger partial charge in [-0.3, -0.25) is 14.9 Å². The molecular weight excluding hydrogens is 230 g/mol. The Kier molecular flexibility index (Phi) is 3.86. The highest BCUT2D eigenvalue weighted by Gasteiger charge is 2.23. The number of hydrogen-bond acceptors (Lipinski definition) is 5. The van der Waals surface area contributed by atoms with Crippen LogP contribution in [0.4, 0.5) is 5.69 Å². The molecule has 7 heteroatoms. The second-order valence-corrected chi connectivity index (χ2v) is 3.14. The van der Waals surface area contributed by atoms with E-state index in [2.05, 4.69) is 0 Å². The van der Waals surface area contributed by atoms with E-state index in [0.717, 1.165) is 0 Å². The van der Waals surface area contributed by atoms with Crippen LogP contribution in [-0.2, 0) is 11.2 Å². The summed E-state index contributed by atoms with van der Waals surface area (Å²) < 4.78 is 9.86. The summed E-state index contributed by atoms with van der Waals surface area (Å²) in [4.78, 5) is 20.7. The zero-order valence-electron chi connectivity index (χ0n) is 9.30. The topological polar surface area (TPSA) is 98.9 Å². The summed E-state index contributed by atoms with van der Waals surface area (Å²) in [5, 5.41) is 19.4. The summed E-state index contributed by atoms with van der Waals surface area (Å²) >= 11 is 0. The third kappa shape index (κ3) is 2.63. The minimum atomic E-state index is -1.06. The molecule has 92 valence electrons. The first-order valence-electron chi connectivity index (χ1n) is 4.61. The molecule has 7 nitrogen and oxygen atoms in total. The summed E-state index contributed by atoms with van der Waals surface area (Å²) in [6.07, 6.45) is -0.294. The van der Waals surface area contributed by atoms with Crippen LogP contribution >= 0.6 is 0 Å². The quantitative estimate of drug-likeness (QED) is 0.615. The van der Waals surface area contributed by atoms with E-state index in [1.165, 1.54) is 26.4 Å². The molecule has 17 heavy (non-hydrogen) atoms. The number of carbonyl (C=O) groups is 1. The molecule has 0 radical (unpaired) electrons. The molecule has 0 atom stereocenters. The van der Waals surface area contributed by atoms with Gasteiger partial charge in [-0.1, -0.05) is 0 Å². The fourth-order valence-electron chi connectivity index (χ4n) is 1.46. The summed E-state index contributed by atoms with van der Waals surface area (Å²) in [5.74, 6) is -1.06. The Morgan fingerprint density at radius 1 is 1.35 bits per heavy atom. The van der Waals surface area contributed by atoms with Crippen LogP contribution in [0.15, 0.2) is 12.1 Å². The number of hydrogen-bond donors (Lipinski definition) is 1. The first-order chi connectivity index (χ1) is 8.01. The van der Waals surface area contributed by atoms with E-state index in [-0.39, 0.29) is 23.6 Å². The largest absolute Gasteiger partial charge is 0.492 e. The lowest BCUT2D eigenvalue weighted by Crippen LogP contribution is -2.05. The predicted molar refractivity (Wildman–Crippen MR) is 57.5 cm³/mol. The van der Waals surface area contributed by atoms with Gasteiger partial charge in [0.05, 0.1) is 25.6 Å². The van der Waals surface area contributed by atoms with Gasteiger partial charge in [-0.2, -0.15) is 0 Å². The van der Waals surface area contributed by atoms with Crippen LogP contribution in [0.1, 0.15) is 5.56 Å². The Balaban J connectivity index is 3.37. The van der Waals surface area contributed by atoms with Crippen molar-refractivity contribution >= 4 is 11.7 Å². The zero-order chi connectivity index (χ0) is 13.0. The molecule has 0 aromatic heterocycles. The number of carboxylic acids is 1. The normalized spacial score (nSPS) is 9.76. The van der Waals surface area contributed by atoms with E-state index in [1.54, 1.807) is 0 Å². The predicted octanol–water partition coefficient (Wildman–Crippen LogP) is 1.24. The first kappa shape index (κ1) is 12.8. The maximum atomic E-state index is 10.7. The highest BCUT2D eigenvalue weighted by molar-refractivity contribution is 5.73. The van der Waals surface area contributed by atoms with Crippen LogP contribution in [0.25, 0.3) is 0 Å². The fourth-order valence-corrected chi connectivity index (χ4v) is 1.46. The molecule has 0 aliphatic rings. The minimum absolute atomic E-state index is 0.0729. The van der Waals surface area contributed by atoms with Gasteiger partial charge in [0.25, 0.3) is 0 Å². The summed E-state index contributed by atoms with van der Waals surface area (Å²) in [5.41, 5.74) is 0.0564. The standard InChI is InChI=1S/C10H11NO6/c1-16-9-6(5-8(12)13)3-4-7(11(14)15)10(9)17-2/h3-4H,5H2,1-2H3,(H,12,13). The molecule has 1 N–H and O–H groups in total. The van der Waals surface area contributed by atoms with Crippen molar-refractivity contribution in [2.75, 3.05) is 14.2 Å². The third-order valence-corrected chi connectivity index (χ3v) is 2.12. The van der Waals surface area contributed by atoms with Crippen LogP contribution in [0.3, 0.4) is 0 Å². The van der Waals surface area contributed by atoms with Gasteiger partial charge in [-0.15, -0.1) is 0 Å². The second-order valence-electron chi connectivity index (χ2n) is 3.14. The Bertz CT molecular complexity index is 456. The average molecular weight is 241 g/mol. The SMILES string of the molecule is COc1c(CC(=O)O)ccc([N+](=O)[O-])c1OC. The smallest absolute Gasteiger partial charge is 0.314 e. The second kappa shape index (κ2) is 5.15. The Morgan fingerprint density at radius 3 is 2.35 bits per heavy atom. The van der Waals surface area contributed by atoms with Gasteiger partial charge in [-0.25, -0.2) is 0 Å². The molecule has 0 aliphatic heterocycles. The lowest BCUT2D eigenvalue weighted by molar-refractivity contribution is -0.385. The molecule has 0 amide bonds. The average Bonchev–Trinajstić information content (AvgIpc) is 2.26. The van der Waals surface area contributed by atoms with E-state index >= 15 is 0 Å². The van der Waals surface area contributed by atoms with E-state index in [4.69, 9.17) is 14.6 Å². The van der Waals surface area contributed by atoms with Crippen molar-refractivity contribution in [2.24, 2.45) is 0 Å². The Labute approximate surface area is 96.7 Å². The van der Waals surface area contributed by atoms with Crippen molar-refractivity contribution in [3.8, 4) is 11.5 Å². The third-order valence-electron chi connectivity index (χ3n) is 2.12. The van der Waals surface area contributed by atoms with Gasteiger partial charge in [-0.05, 0) is 6.07 Å². The van der Waals surface area contributed by atoms with Crippen molar-refractivity contribution < 1.29 is 24.3 Å². The molecule has 0 fully saturated rings. The van der Waals surface area contributed by atoms with Crippen molar-refractivity contribution in [1.82, 2.24) is 0 Å². The van der Waals surface area contributed by atoms with Crippen LogP contribution < -0.4 is 9.47 Å². The first-order valence-corrected chi connectivity index (χ1v) is 4.61. The van der Waals surface area contributed by atoms with Crippen molar-refractivity contribution in [3.63, 3.8) is 0 Å². The lowest BCUT2D eigenvalue weighted by Gasteiger charge is -2.11. The minimum Gasteiger partial charge on any atom is -0.492 e. The number of carboxylic acid groups (broad SMARTS) is 1. The number of nitro groups is 1. The van der Waals surface area contributed by atoms with Crippen LogP contribution in [0, 0.1) is 10.1 Å². The number of rotatable bonds is 5. The molecule has 0 aliphatic carbocycles. The van der Waals surface area contributed by atoms with E-state index < -0.39 is 10.9 Å². The van der Waals surface area contributed by atoms with Gasteiger partial charge < -0.3 is 14.6 Å². The molecule has 1 rings (SSSR count). The molecule has 0 saturated carbocycles. The number of aliphatic carboxylic acids is 1. The van der Waals surface area contributed by atoms with Gasteiger partial charge in [0, 0.05) is 11.6 Å². The summed E-state index contributed by atoms with van der Waals surface area (Å²) in [7, 11) is 2.56. The summed E-state index contributed by atoms with van der Waals surface area (Å²) in [6, 6.07) is 2.53. The highest BCUT2D eigenvalue weighted by atomic mass is 16.6. The maximum absolute atomic E-state index is 10.7. The number of ether oxygens (including phenoxy) is 2. The Morgan fingerprint density at radius 2 is 1.94 bits per heavy atom. The number of nitro benzene ring substituents is 1. The molecule has 1 aromatic carbocycles. The number of nitrogens with zero attached hydrogens (tertiary/aromatic N) is 1. The highest BCUT2D eigenvalue weighted by Crippen LogP contribution is 2.39. The van der Waals surface area contributed by atoms with Crippen molar-refractivity contribution in [3.05, 3.63) is 27.8 Å². The molecule has 0 bridgehead atoms. The van der Waals surface area contributed by atoms with E-state index in [9.17, 15) is 14.9 Å². The molecule has 0 heterocycles. The van der Waals surface area contributed by atoms with E-state index in [1.807, 2.05) is 0 Å². The molecule has 1 aromatic rings. The van der Waals surface area contributed by atoms with Crippen LogP contribution in [0.2, 0.25) is 0 Å². The molecule has 0 saturated heterocycles. The van der Waals surface area contributed by atoms with Gasteiger partial charge >= 0.3 is 11.7 Å². The monoisotopic (exact) mass is 241 g/mol. The lowest BCUT2D eigenvalue weighted by atomic mass is 10.1. The van der Waals surface area contributed by atoms with Crippen molar-refractivity contribution in [2.45, 2.75) is 6.42 Å². The fraction of sp³-hybridized carbons (Fsp3) is 0.300. The van der Waals surface area contributed by atoms with Crippen LogP contribution in [0.5, 0.6) is 11.5 Å². The maximum Gasteiger partial charge on any atom is 0.314 e. The number of methoxy groups -OCH3 is 2. The molecule has 0 spiro atoms. The van der Waals surface area contributed by atoms with Crippen LogP contribution in [-0.4, -0.2) is 30.2 Å². The Hall–Kier alpha value is -2.31. The zero-order valence-corrected chi connectivity index (χ0v) is 9.30. The van der Waals surface area contributed by atoms with Crippen molar-refractivity contribution in [1.29, 1.82) is 0 Å². The van der Waals surface area contributed by atoms with E-state index in [0.29, 0.717) is 5.56 Å². The van der Waals surface area contributed by atoms with Gasteiger partial charge in [0.1, 0.15) is 0 Å². The van der Waals surface area contributed by atoms with Gasteiger partial charge in [0.15, 0.2) is 5.75 Å². The number of benzene rings is 1. The molecular formula is C10H11NO6. The summed E-state index contributed by atoms with van der Waals surface area (Å²) in [6.45, 7) is 0. The van der Waals surface area contributed by atoms with Gasteiger partial charge in [0.2, 0.25) is 5.75 Å². The molecule has 0 unspecified atom stereocenters.